The van der Waals surface area contributed by atoms with Crippen molar-refractivity contribution in [1.82, 2.24) is 15.1 Å². The average Bonchev–Trinajstić information content (AvgIpc) is 3.17. The van der Waals surface area contributed by atoms with Crippen molar-refractivity contribution in [3.8, 4) is 28.6 Å². The predicted octanol–water partition coefficient (Wildman–Crippen LogP) is 2.49. The van der Waals surface area contributed by atoms with Crippen LogP contribution in [0, 0.1) is 13.8 Å². The molecular formula is C19H16N4O2. The number of hydrogen-bond acceptors (Lipinski definition) is 4. The van der Waals surface area contributed by atoms with Gasteiger partial charge < -0.3 is 9.63 Å². The van der Waals surface area contributed by atoms with Crippen molar-refractivity contribution < 1.29 is 14.3 Å². The molecule has 6 nitrogen and oxygen atoms in total. The van der Waals surface area contributed by atoms with Gasteiger partial charge in [0.2, 0.25) is 5.69 Å². The van der Waals surface area contributed by atoms with Gasteiger partial charge in [-0.3, -0.25) is 0 Å². The van der Waals surface area contributed by atoms with Gasteiger partial charge in [-0.25, -0.2) is 4.68 Å². The molecule has 4 rings (SSSR count). The largest absolute Gasteiger partial charge is 0.539 e. The second-order valence-corrected chi connectivity index (χ2v) is 5.84. The number of hydrogen-bond donors (Lipinski definition) is 0. The number of benzene rings is 2. The third-order valence-corrected chi connectivity index (χ3v) is 4.01. The topological polar surface area (TPSA) is 70.8 Å². The molecule has 124 valence electrons. The molecule has 0 spiro atoms. The van der Waals surface area contributed by atoms with E-state index < -0.39 is 5.95 Å². The van der Waals surface area contributed by atoms with Crippen molar-refractivity contribution in [3.63, 3.8) is 0 Å². The van der Waals surface area contributed by atoms with Crippen molar-refractivity contribution >= 4 is 0 Å². The van der Waals surface area contributed by atoms with Crippen LogP contribution < -0.4 is 9.79 Å². The Labute approximate surface area is 144 Å². The molecule has 0 aliphatic heterocycles. The van der Waals surface area contributed by atoms with Crippen LogP contribution in [0.5, 0.6) is 5.95 Å². The highest BCUT2D eigenvalue weighted by molar-refractivity contribution is 5.60. The predicted molar refractivity (Wildman–Crippen MR) is 89.5 cm³/mol. The highest BCUT2D eigenvalue weighted by Crippen LogP contribution is 2.24. The van der Waals surface area contributed by atoms with Crippen molar-refractivity contribution in [2.75, 3.05) is 0 Å². The van der Waals surface area contributed by atoms with Crippen molar-refractivity contribution in [2.45, 2.75) is 13.8 Å². The molecule has 0 bridgehead atoms. The Morgan fingerprint density at radius 2 is 1.72 bits per heavy atom. The molecule has 0 aliphatic rings. The molecule has 0 atom stereocenters. The molecule has 0 fully saturated rings. The number of aryl methyl sites for hydroxylation is 2. The summed E-state index contributed by atoms with van der Waals surface area (Å²) in [5.74, 6) is -0.464. The second-order valence-electron chi connectivity index (χ2n) is 5.84. The van der Waals surface area contributed by atoms with E-state index in [1.54, 1.807) is 0 Å². The fourth-order valence-corrected chi connectivity index (χ4v) is 2.89. The van der Waals surface area contributed by atoms with Crippen LogP contribution in [0.15, 0.2) is 65.2 Å². The summed E-state index contributed by atoms with van der Waals surface area (Å²) in [4.78, 5) is 0. The maximum Gasteiger partial charge on any atom is 0.270 e. The molecule has 0 radical (unpaired) electrons. The van der Waals surface area contributed by atoms with Gasteiger partial charge in [-0.2, -0.15) is 5.10 Å². The summed E-state index contributed by atoms with van der Waals surface area (Å²) in [5.41, 5.74) is 4.88. The lowest BCUT2D eigenvalue weighted by atomic mass is 10.1. The number of rotatable bonds is 3. The van der Waals surface area contributed by atoms with Crippen LogP contribution in [0.4, 0.5) is 0 Å². The molecule has 0 saturated carbocycles. The first kappa shape index (κ1) is 15.1. The third-order valence-electron chi connectivity index (χ3n) is 4.01. The van der Waals surface area contributed by atoms with Gasteiger partial charge in [-0.1, -0.05) is 18.2 Å². The molecule has 0 saturated heterocycles. The zero-order chi connectivity index (χ0) is 17.4. The van der Waals surface area contributed by atoms with Crippen LogP contribution in [0.25, 0.3) is 22.6 Å². The van der Waals surface area contributed by atoms with Crippen LogP contribution >= 0.6 is 0 Å². The summed E-state index contributed by atoms with van der Waals surface area (Å²) in [6, 6.07) is 19.0. The quantitative estimate of drug-likeness (QED) is 0.541. The zero-order valence-electron chi connectivity index (χ0n) is 13.9. The minimum absolute atomic E-state index is 0.402. The average molecular weight is 332 g/mol. The Hall–Kier alpha value is -3.41. The molecule has 0 N–H and O–H groups in total. The van der Waals surface area contributed by atoms with Crippen LogP contribution in [0.3, 0.4) is 0 Å². The van der Waals surface area contributed by atoms with E-state index >= 15 is 0 Å². The summed E-state index contributed by atoms with van der Waals surface area (Å²) in [6.45, 7) is 3.97. The first-order valence-electron chi connectivity index (χ1n) is 7.92. The van der Waals surface area contributed by atoms with Crippen LogP contribution in [0.1, 0.15) is 11.4 Å². The van der Waals surface area contributed by atoms with E-state index in [1.165, 1.54) is 4.68 Å². The highest BCUT2D eigenvalue weighted by atomic mass is 16.6. The van der Waals surface area contributed by atoms with E-state index in [0.29, 0.717) is 5.69 Å². The van der Waals surface area contributed by atoms with E-state index in [0.717, 1.165) is 28.3 Å². The van der Waals surface area contributed by atoms with Gasteiger partial charge in [0.15, 0.2) is 5.95 Å². The van der Waals surface area contributed by atoms with Crippen LogP contribution in [-0.4, -0.2) is 15.1 Å². The van der Waals surface area contributed by atoms with Gasteiger partial charge in [0.1, 0.15) is 0 Å². The lowest BCUT2D eigenvalue weighted by Crippen LogP contribution is -2.34. The Morgan fingerprint density at radius 3 is 2.36 bits per heavy atom. The first-order valence-corrected chi connectivity index (χ1v) is 7.92. The minimum atomic E-state index is -0.464. The van der Waals surface area contributed by atoms with E-state index in [2.05, 4.69) is 10.4 Å². The Balaban J connectivity index is 1.76. The molecule has 6 heteroatoms. The summed E-state index contributed by atoms with van der Waals surface area (Å²) in [7, 11) is 0. The molecule has 2 heterocycles. The SMILES string of the molecule is Cc1cc(C)n(-c2ccc(-[n+]3noc([O-])c3-c3ccccc3)cc2)n1. The summed E-state index contributed by atoms with van der Waals surface area (Å²) in [6.07, 6.45) is 0. The maximum atomic E-state index is 12.1. The van der Waals surface area contributed by atoms with E-state index in [1.807, 2.05) is 79.2 Å². The highest BCUT2D eigenvalue weighted by Gasteiger charge is 2.22. The fraction of sp³-hybridized carbons (Fsp3) is 0.105. The smallest absolute Gasteiger partial charge is 0.270 e. The van der Waals surface area contributed by atoms with E-state index in [4.69, 9.17) is 4.52 Å². The van der Waals surface area contributed by atoms with Gasteiger partial charge in [0, 0.05) is 17.8 Å². The third kappa shape index (κ3) is 2.67. The van der Waals surface area contributed by atoms with Gasteiger partial charge in [0.05, 0.1) is 22.2 Å². The fourth-order valence-electron chi connectivity index (χ4n) is 2.89. The van der Waals surface area contributed by atoms with Crippen molar-refractivity contribution in [2.24, 2.45) is 0 Å². The molecular weight excluding hydrogens is 316 g/mol. The monoisotopic (exact) mass is 332 g/mol. The second kappa shape index (κ2) is 5.90. The van der Waals surface area contributed by atoms with Crippen molar-refractivity contribution in [1.29, 1.82) is 0 Å². The van der Waals surface area contributed by atoms with E-state index in [9.17, 15) is 5.11 Å². The summed E-state index contributed by atoms with van der Waals surface area (Å²) < 4.78 is 8.28. The molecule has 4 aromatic rings. The van der Waals surface area contributed by atoms with Crippen molar-refractivity contribution in [3.05, 3.63) is 72.1 Å². The Kier molecular flexibility index (Phi) is 3.57. The molecule has 0 aliphatic carbocycles. The normalized spacial score (nSPS) is 11.0. The molecule has 2 aromatic heterocycles. The van der Waals surface area contributed by atoms with Crippen LogP contribution in [-0.2, 0) is 0 Å². The first-order chi connectivity index (χ1) is 12.1. The Morgan fingerprint density at radius 1 is 1.00 bits per heavy atom. The standard InChI is InChI=1S/C19H16N4O2/c1-13-12-14(2)22(20-13)16-8-10-17(11-9-16)23-18(19(24)25-21-23)15-6-4-3-5-7-15/h3-12H,1-2H3. The van der Waals surface area contributed by atoms with E-state index in [-0.39, 0.29) is 0 Å². The number of aromatic nitrogens is 4. The molecule has 25 heavy (non-hydrogen) atoms. The summed E-state index contributed by atoms with van der Waals surface area (Å²) >= 11 is 0. The van der Waals surface area contributed by atoms with Gasteiger partial charge >= 0.3 is 0 Å². The Bertz CT molecular complexity index is 1020. The molecule has 0 amide bonds. The van der Waals surface area contributed by atoms with Gasteiger partial charge in [-0.05, 0) is 48.9 Å². The van der Waals surface area contributed by atoms with Crippen LogP contribution in [0.2, 0.25) is 0 Å². The van der Waals surface area contributed by atoms with Gasteiger partial charge in [-0.15, -0.1) is 0 Å². The summed E-state index contributed by atoms with van der Waals surface area (Å²) in [5, 5.41) is 20.5. The lowest BCUT2D eigenvalue weighted by molar-refractivity contribution is -0.660. The number of nitrogens with zero attached hydrogens (tertiary/aromatic N) is 4. The molecule has 0 unspecified atom stereocenters. The zero-order valence-corrected chi connectivity index (χ0v) is 13.9. The minimum Gasteiger partial charge on any atom is -0.539 e. The maximum absolute atomic E-state index is 12.1. The molecule has 2 aromatic carbocycles. The lowest BCUT2D eigenvalue weighted by Gasteiger charge is -2.04. The van der Waals surface area contributed by atoms with Gasteiger partial charge in [0.25, 0.3) is 5.69 Å².